The Hall–Kier alpha value is -2.38. The lowest BCUT2D eigenvalue weighted by Crippen LogP contribution is -2.48. The van der Waals surface area contributed by atoms with Crippen LogP contribution in [0.25, 0.3) is 0 Å². The number of carbonyl (C=O) groups excluding carboxylic acids is 1. The number of nitrogens with zero attached hydrogens (tertiary/aromatic N) is 2. The van der Waals surface area contributed by atoms with Crippen molar-refractivity contribution in [1.82, 2.24) is 9.21 Å². The number of carbonyl (C=O) groups is 1. The number of piperidine rings is 1. The Labute approximate surface area is 179 Å². The van der Waals surface area contributed by atoms with Gasteiger partial charge in [0.25, 0.3) is 0 Å². The Morgan fingerprint density at radius 3 is 2.40 bits per heavy atom. The molecule has 1 heterocycles. The van der Waals surface area contributed by atoms with Gasteiger partial charge in [-0.25, -0.2) is 8.42 Å². The normalized spacial score (nSPS) is 17.7. The van der Waals surface area contributed by atoms with E-state index in [1.165, 1.54) is 4.31 Å². The number of amides is 1. The molecule has 0 saturated carbocycles. The third-order valence-electron chi connectivity index (χ3n) is 5.53. The molecule has 1 saturated heterocycles. The highest BCUT2D eigenvalue weighted by molar-refractivity contribution is 7.89. The maximum absolute atomic E-state index is 13.3. The van der Waals surface area contributed by atoms with Crippen LogP contribution in [0.2, 0.25) is 0 Å². The molecule has 2 aromatic carbocycles. The molecule has 0 spiro atoms. The minimum Gasteiger partial charge on any atom is -0.497 e. The van der Waals surface area contributed by atoms with Crippen molar-refractivity contribution in [3.8, 4) is 5.75 Å². The number of rotatable bonds is 7. The molecule has 1 atom stereocenters. The van der Waals surface area contributed by atoms with Gasteiger partial charge in [-0.3, -0.25) is 4.79 Å². The third-order valence-corrected chi connectivity index (χ3v) is 7.41. The average molecular weight is 431 g/mol. The van der Waals surface area contributed by atoms with Gasteiger partial charge >= 0.3 is 0 Å². The second kappa shape index (κ2) is 9.62. The van der Waals surface area contributed by atoms with Crippen molar-refractivity contribution in [3.05, 3.63) is 60.2 Å². The van der Waals surface area contributed by atoms with Crippen LogP contribution < -0.4 is 4.74 Å². The van der Waals surface area contributed by atoms with Gasteiger partial charge in [-0.15, -0.1) is 0 Å². The van der Waals surface area contributed by atoms with Gasteiger partial charge in [-0.1, -0.05) is 30.3 Å². The van der Waals surface area contributed by atoms with Crippen molar-refractivity contribution in [2.75, 3.05) is 20.2 Å². The number of methoxy groups -OCH3 is 1. The van der Waals surface area contributed by atoms with E-state index < -0.39 is 10.0 Å². The molecule has 0 aliphatic carbocycles. The van der Waals surface area contributed by atoms with Gasteiger partial charge in [-0.05, 0) is 56.5 Å². The van der Waals surface area contributed by atoms with Gasteiger partial charge in [0.2, 0.25) is 15.9 Å². The van der Waals surface area contributed by atoms with E-state index in [1.807, 2.05) is 49.1 Å². The van der Waals surface area contributed by atoms with Crippen LogP contribution in [0.1, 0.15) is 32.3 Å². The van der Waals surface area contributed by atoms with Crippen molar-refractivity contribution in [3.63, 3.8) is 0 Å². The Bertz CT molecular complexity index is 943. The molecule has 1 fully saturated rings. The molecule has 6 nitrogen and oxygen atoms in total. The molecular weight excluding hydrogens is 400 g/mol. The van der Waals surface area contributed by atoms with E-state index in [9.17, 15) is 13.2 Å². The molecule has 2 aromatic rings. The summed E-state index contributed by atoms with van der Waals surface area (Å²) in [6, 6.07) is 16.3. The van der Waals surface area contributed by atoms with Gasteiger partial charge in [-0.2, -0.15) is 4.31 Å². The van der Waals surface area contributed by atoms with E-state index in [4.69, 9.17) is 4.74 Å². The van der Waals surface area contributed by atoms with Gasteiger partial charge in [0, 0.05) is 25.7 Å². The zero-order valence-electron chi connectivity index (χ0n) is 17.8. The molecule has 1 amide bonds. The highest BCUT2D eigenvalue weighted by Gasteiger charge is 2.35. The first kappa shape index (κ1) is 22.3. The number of hydrogen-bond donors (Lipinski definition) is 0. The number of hydrogen-bond acceptors (Lipinski definition) is 4. The predicted octanol–water partition coefficient (Wildman–Crippen LogP) is 3.53. The van der Waals surface area contributed by atoms with Crippen LogP contribution >= 0.6 is 0 Å². The number of benzene rings is 2. The van der Waals surface area contributed by atoms with Gasteiger partial charge < -0.3 is 9.64 Å². The summed E-state index contributed by atoms with van der Waals surface area (Å²) in [6.45, 7) is 5.16. The second-order valence-corrected chi connectivity index (χ2v) is 9.86. The van der Waals surface area contributed by atoms with E-state index in [-0.39, 0.29) is 29.3 Å². The zero-order valence-corrected chi connectivity index (χ0v) is 18.6. The van der Waals surface area contributed by atoms with Crippen LogP contribution in [0, 0.1) is 5.92 Å². The van der Waals surface area contributed by atoms with Crippen LogP contribution in [0.5, 0.6) is 5.75 Å². The van der Waals surface area contributed by atoms with Crippen molar-refractivity contribution in [1.29, 1.82) is 0 Å². The zero-order chi connectivity index (χ0) is 21.7. The average Bonchev–Trinajstić information content (AvgIpc) is 2.77. The van der Waals surface area contributed by atoms with Gasteiger partial charge in [0.1, 0.15) is 5.75 Å². The van der Waals surface area contributed by atoms with Crippen LogP contribution in [-0.2, 0) is 21.4 Å². The Morgan fingerprint density at radius 2 is 1.80 bits per heavy atom. The summed E-state index contributed by atoms with van der Waals surface area (Å²) in [4.78, 5) is 15.4. The van der Waals surface area contributed by atoms with E-state index >= 15 is 0 Å². The maximum atomic E-state index is 13.3. The summed E-state index contributed by atoms with van der Waals surface area (Å²) in [5, 5.41) is 0. The first-order valence-electron chi connectivity index (χ1n) is 10.3. The lowest BCUT2D eigenvalue weighted by Gasteiger charge is -2.36. The van der Waals surface area contributed by atoms with Crippen LogP contribution in [-0.4, -0.2) is 49.8 Å². The predicted molar refractivity (Wildman–Crippen MR) is 117 cm³/mol. The van der Waals surface area contributed by atoms with E-state index in [0.717, 1.165) is 5.56 Å². The largest absolute Gasteiger partial charge is 0.497 e. The molecule has 1 aliphatic heterocycles. The molecular formula is C23H30N2O4S. The first-order valence-corrected chi connectivity index (χ1v) is 11.8. The molecule has 0 aromatic heterocycles. The molecule has 7 heteroatoms. The van der Waals surface area contributed by atoms with Crippen LogP contribution in [0.15, 0.2) is 59.5 Å². The minimum atomic E-state index is -3.65. The fourth-order valence-corrected chi connectivity index (χ4v) is 5.31. The van der Waals surface area contributed by atoms with Crippen LogP contribution in [0.3, 0.4) is 0 Å². The number of sulfonamides is 1. The monoisotopic (exact) mass is 430 g/mol. The minimum absolute atomic E-state index is 0.0171. The molecule has 0 N–H and O–H groups in total. The first-order chi connectivity index (χ1) is 14.3. The standard InChI is InChI=1S/C23H30N2O4S/c1-18(2)25(16-19-8-5-4-6-9-19)23(26)20-10-7-15-24(17-20)30(27,28)22-13-11-21(29-3)12-14-22/h4-6,8-9,11-14,18,20H,7,10,15-17H2,1-3H3. The quantitative estimate of drug-likeness (QED) is 0.674. The highest BCUT2D eigenvalue weighted by Crippen LogP contribution is 2.27. The number of ether oxygens (including phenoxy) is 1. The van der Waals surface area contributed by atoms with E-state index in [1.54, 1.807) is 31.4 Å². The van der Waals surface area contributed by atoms with Crippen molar-refractivity contribution in [2.24, 2.45) is 5.92 Å². The fraction of sp³-hybridized carbons (Fsp3) is 0.435. The topological polar surface area (TPSA) is 66.9 Å². The van der Waals surface area contributed by atoms with Crippen molar-refractivity contribution < 1.29 is 17.9 Å². The third kappa shape index (κ3) is 5.02. The summed E-state index contributed by atoms with van der Waals surface area (Å²) in [5.41, 5.74) is 1.07. The molecule has 0 bridgehead atoms. The summed E-state index contributed by atoms with van der Waals surface area (Å²) in [7, 11) is -2.11. The van der Waals surface area contributed by atoms with E-state index in [2.05, 4.69) is 0 Å². The van der Waals surface area contributed by atoms with Crippen molar-refractivity contribution >= 4 is 15.9 Å². The molecule has 1 aliphatic rings. The molecule has 3 rings (SSSR count). The lowest BCUT2D eigenvalue weighted by atomic mass is 9.97. The summed E-state index contributed by atoms with van der Waals surface area (Å²) >= 11 is 0. The Kier molecular flexibility index (Phi) is 7.15. The summed E-state index contributed by atoms with van der Waals surface area (Å²) < 4.78 is 32.8. The molecule has 0 radical (unpaired) electrons. The van der Waals surface area contributed by atoms with Gasteiger partial charge in [0.05, 0.1) is 17.9 Å². The molecule has 1 unspecified atom stereocenters. The van der Waals surface area contributed by atoms with Gasteiger partial charge in [0.15, 0.2) is 0 Å². The summed E-state index contributed by atoms with van der Waals surface area (Å²) in [6.07, 6.45) is 1.37. The fourth-order valence-electron chi connectivity index (χ4n) is 3.79. The maximum Gasteiger partial charge on any atom is 0.243 e. The second-order valence-electron chi connectivity index (χ2n) is 7.92. The Balaban J connectivity index is 1.75. The van der Waals surface area contributed by atoms with Crippen LogP contribution in [0.4, 0.5) is 0 Å². The smallest absolute Gasteiger partial charge is 0.243 e. The lowest BCUT2D eigenvalue weighted by molar-refractivity contribution is -0.139. The Morgan fingerprint density at radius 1 is 1.13 bits per heavy atom. The summed E-state index contributed by atoms with van der Waals surface area (Å²) in [5.74, 6) is 0.288. The SMILES string of the molecule is COc1ccc(S(=O)(=O)N2CCCC(C(=O)N(Cc3ccccc3)C(C)C)C2)cc1. The molecule has 30 heavy (non-hydrogen) atoms. The van der Waals surface area contributed by atoms with Crippen molar-refractivity contribution in [2.45, 2.75) is 44.2 Å². The van der Waals surface area contributed by atoms with E-state index in [0.29, 0.717) is 31.7 Å². The molecule has 162 valence electrons. The highest BCUT2D eigenvalue weighted by atomic mass is 32.2.